The highest BCUT2D eigenvalue weighted by Gasteiger charge is 2.28. The fourth-order valence-electron chi connectivity index (χ4n) is 2.75. The molecule has 1 aromatic rings. The Morgan fingerprint density at radius 3 is 3.16 bits per heavy atom. The molecular weight excluding hydrogens is 260 g/mol. The van der Waals surface area contributed by atoms with E-state index in [1.165, 1.54) is 16.8 Å². The molecule has 5 heteroatoms. The first kappa shape index (κ1) is 12.8. The predicted octanol–water partition coefficient (Wildman–Crippen LogP) is 1.86. The van der Waals surface area contributed by atoms with Crippen LogP contribution in [0.1, 0.15) is 22.9 Å². The van der Waals surface area contributed by atoms with Gasteiger partial charge in [-0.25, -0.2) is 0 Å². The fourth-order valence-corrected chi connectivity index (χ4v) is 3.96. The van der Waals surface area contributed by atoms with Crippen LogP contribution in [0.3, 0.4) is 0 Å². The maximum Gasteiger partial charge on any atom is 0.320 e. The van der Waals surface area contributed by atoms with Gasteiger partial charge in [-0.1, -0.05) is 12.1 Å². The average molecular weight is 278 g/mol. The van der Waals surface area contributed by atoms with E-state index >= 15 is 0 Å². The van der Waals surface area contributed by atoms with Crippen LogP contribution < -0.4 is 10.2 Å². The predicted molar refractivity (Wildman–Crippen MR) is 77.8 cm³/mol. The number of anilines is 1. The van der Waals surface area contributed by atoms with E-state index in [1.807, 2.05) is 0 Å². The monoisotopic (exact) mass is 278 g/mol. The highest BCUT2D eigenvalue weighted by Crippen LogP contribution is 2.35. The summed E-state index contributed by atoms with van der Waals surface area (Å²) in [5.74, 6) is 0.150. The van der Waals surface area contributed by atoms with Crippen LogP contribution in [-0.2, 0) is 11.2 Å². The van der Waals surface area contributed by atoms with Gasteiger partial charge in [-0.15, -0.1) is 11.8 Å². The third kappa shape index (κ3) is 2.44. The molecule has 2 atom stereocenters. The second kappa shape index (κ2) is 5.06. The molecule has 0 aromatic heterocycles. The number of hydrogen-bond donors (Lipinski definition) is 2. The minimum absolute atomic E-state index is 0.103. The highest BCUT2D eigenvalue weighted by atomic mass is 32.2. The van der Waals surface area contributed by atoms with E-state index in [9.17, 15) is 4.79 Å². The summed E-state index contributed by atoms with van der Waals surface area (Å²) in [6.07, 6.45) is 1.78. The molecule has 19 heavy (non-hydrogen) atoms. The number of likely N-dealkylation sites (N-methyl/N-ethyl adjacent to an activating group) is 1. The average Bonchev–Trinajstić information content (AvgIpc) is 2.80. The summed E-state index contributed by atoms with van der Waals surface area (Å²) in [6.45, 7) is 1.07. The van der Waals surface area contributed by atoms with E-state index < -0.39 is 12.0 Å². The van der Waals surface area contributed by atoms with Gasteiger partial charge < -0.3 is 10.0 Å². The third-order valence-corrected chi connectivity index (χ3v) is 5.09. The van der Waals surface area contributed by atoms with E-state index in [-0.39, 0.29) is 5.37 Å². The fraction of sp³-hybridized carbons (Fsp3) is 0.500. The second-order valence-electron chi connectivity index (χ2n) is 5.16. The molecule has 2 aliphatic heterocycles. The molecule has 1 fully saturated rings. The molecular formula is C14H18N2O2S. The summed E-state index contributed by atoms with van der Waals surface area (Å²) in [6, 6.07) is 6.09. The van der Waals surface area contributed by atoms with Gasteiger partial charge in [-0.3, -0.25) is 10.1 Å². The van der Waals surface area contributed by atoms with Gasteiger partial charge in [0.1, 0.15) is 6.04 Å². The minimum Gasteiger partial charge on any atom is -0.480 e. The zero-order valence-corrected chi connectivity index (χ0v) is 11.7. The first-order chi connectivity index (χ1) is 9.15. The first-order valence-corrected chi connectivity index (χ1v) is 7.64. The Bertz CT molecular complexity index is 506. The zero-order valence-electron chi connectivity index (χ0n) is 10.9. The van der Waals surface area contributed by atoms with Crippen LogP contribution in [0, 0.1) is 0 Å². The van der Waals surface area contributed by atoms with Crippen molar-refractivity contribution in [2.45, 2.75) is 24.3 Å². The van der Waals surface area contributed by atoms with E-state index in [0.29, 0.717) is 6.42 Å². The molecule has 0 aliphatic carbocycles. The quantitative estimate of drug-likeness (QED) is 0.865. The van der Waals surface area contributed by atoms with Crippen LogP contribution >= 0.6 is 11.8 Å². The molecule has 0 radical (unpaired) electrons. The number of carboxylic acid groups (broad SMARTS) is 1. The number of fused-ring (bicyclic) bond motifs is 1. The number of benzene rings is 1. The van der Waals surface area contributed by atoms with Crippen LogP contribution in [0.25, 0.3) is 0 Å². The maximum absolute atomic E-state index is 11.1. The second-order valence-corrected chi connectivity index (χ2v) is 6.37. The van der Waals surface area contributed by atoms with Gasteiger partial charge in [-0.2, -0.15) is 0 Å². The Morgan fingerprint density at radius 2 is 2.37 bits per heavy atom. The van der Waals surface area contributed by atoms with Gasteiger partial charge >= 0.3 is 5.97 Å². The standard InChI is InChI=1S/C14H18N2O2S/c1-16-6-4-9-8-10(2-3-12(9)16)13-15-11(14(17)18)5-7-19-13/h2-3,8,11,13,15H,4-7H2,1H3,(H,17,18). The molecule has 1 saturated heterocycles. The van der Waals surface area contributed by atoms with Gasteiger partial charge in [0.25, 0.3) is 0 Å². The first-order valence-electron chi connectivity index (χ1n) is 6.59. The molecule has 0 saturated carbocycles. The maximum atomic E-state index is 11.1. The summed E-state index contributed by atoms with van der Waals surface area (Å²) < 4.78 is 0. The van der Waals surface area contributed by atoms with Crippen molar-refractivity contribution in [1.82, 2.24) is 5.32 Å². The van der Waals surface area contributed by atoms with Crippen molar-refractivity contribution in [3.63, 3.8) is 0 Å². The molecule has 0 amide bonds. The molecule has 2 N–H and O–H groups in total. The van der Waals surface area contributed by atoms with Gasteiger partial charge in [0.2, 0.25) is 0 Å². The van der Waals surface area contributed by atoms with Crippen molar-refractivity contribution < 1.29 is 9.90 Å². The lowest BCUT2D eigenvalue weighted by Gasteiger charge is -2.28. The van der Waals surface area contributed by atoms with Crippen LogP contribution in [0.15, 0.2) is 18.2 Å². The van der Waals surface area contributed by atoms with Gasteiger partial charge in [0.05, 0.1) is 5.37 Å². The summed E-state index contributed by atoms with van der Waals surface area (Å²) in [4.78, 5) is 13.3. The van der Waals surface area contributed by atoms with Gasteiger partial charge in [0.15, 0.2) is 0 Å². The van der Waals surface area contributed by atoms with Crippen LogP contribution in [0.4, 0.5) is 5.69 Å². The van der Waals surface area contributed by atoms with E-state index in [4.69, 9.17) is 5.11 Å². The molecule has 1 aromatic carbocycles. The van der Waals surface area contributed by atoms with Crippen molar-refractivity contribution >= 4 is 23.4 Å². The molecule has 2 heterocycles. The van der Waals surface area contributed by atoms with E-state index in [2.05, 4.69) is 35.5 Å². The number of hydrogen-bond acceptors (Lipinski definition) is 4. The number of nitrogens with one attached hydrogen (secondary N) is 1. The van der Waals surface area contributed by atoms with Gasteiger partial charge in [-0.05, 0) is 35.8 Å². The lowest BCUT2D eigenvalue weighted by atomic mass is 10.1. The Balaban J connectivity index is 1.81. The highest BCUT2D eigenvalue weighted by molar-refractivity contribution is 7.99. The third-order valence-electron chi connectivity index (χ3n) is 3.88. The number of rotatable bonds is 2. The summed E-state index contributed by atoms with van der Waals surface area (Å²) >= 11 is 1.80. The van der Waals surface area contributed by atoms with Crippen molar-refractivity contribution in [2.24, 2.45) is 0 Å². The number of carboxylic acids is 1. The van der Waals surface area contributed by atoms with Gasteiger partial charge in [0, 0.05) is 19.3 Å². The molecule has 4 nitrogen and oxygen atoms in total. The molecule has 3 rings (SSSR count). The Kier molecular flexibility index (Phi) is 3.41. The van der Waals surface area contributed by atoms with Crippen molar-refractivity contribution in [1.29, 1.82) is 0 Å². The normalized spacial score (nSPS) is 26.3. The SMILES string of the molecule is CN1CCc2cc(C3NC(C(=O)O)CCS3)ccc21. The largest absolute Gasteiger partial charge is 0.480 e. The lowest BCUT2D eigenvalue weighted by molar-refractivity contribution is -0.139. The van der Waals surface area contributed by atoms with Crippen LogP contribution in [0.5, 0.6) is 0 Å². The Labute approximate surface area is 117 Å². The van der Waals surface area contributed by atoms with E-state index in [0.717, 1.165) is 18.7 Å². The Morgan fingerprint density at radius 1 is 1.53 bits per heavy atom. The van der Waals surface area contributed by atoms with Crippen molar-refractivity contribution in [3.05, 3.63) is 29.3 Å². The molecule has 2 unspecified atom stereocenters. The smallest absolute Gasteiger partial charge is 0.320 e. The minimum atomic E-state index is -0.744. The van der Waals surface area contributed by atoms with Crippen molar-refractivity contribution in [3.8, 4) is 0 Å². The summed E-state index contributed by atoms with van der Waals surface area (Å²) in [7, 11) is 2.11. The number of carbonyl (C=O) groups is 1. The van der Waals surface area contributed by atoms with E-state index in [1.54, 1.807) is 11.8 Å². The zero-order chi connectivity index (χ0) is 13.4. The van der Waals surface area contributed by atoms with Crippen LogP contribution in [0.2, 0.25) is 0 Å². The number of aliphatic carboxylic acids is 1. The Hall–Kier alpha value is -1.20. The lowest BCUT2D eigenvalue weighted by Crippen LogP contribution is -2.41. The molecule has 2 aliphatic rings. The summed E-state index contributed by atoms with van der Waals surface area (Å²) in [5, 5.41) is 12.4. The van der Waals surface area contributed by atoms with Crippen LogP contribution in [-0.4, -0.2) is 36.5 Å². The summed E-state index contributed by atoms with van der Waals surface area (Å²) in [5.41, 5.74) is 3.88. The number of thioether (sulfide) groups is 1. The molecule has 0 bridgehead atoms. The molecule has 0 spiro atoms. The van der Waals surface area contributed by atoms with Crippen molar-refractivity contribution in [2.75, 3.05) is 24.2 Å². The topological polar surface area (TPSA) is 52.6 Å². The molecule has 102 valence electrons. The number of nitrogens with zero attached hydrogens (tertiary/aromatic N) is 1.